The van der Waals surface area contributed by atoms with Crippen LogP contribution in [0.1, 0.15) is 11.1 Å². The van der Waals surface area contributed by atoms with Gasteiger partial charge in [0.05, 0.1) is 18.7 Å². The number of aliphatic hydroxyl groups is 1. The molecule has 0 aromatic heterocycles. The van der Waals surface area contributed by atoms with Crippen molar-refractivity contribution in [1.29, 1.82) is 0 Å². The minimum atomic E-state index is -0.0319. The van der Waals surface area contributed by atoms with Gasteiger partial charge in [0, 0.05) is 0 Å². The van der Waals surface area contributed by atoms with E-state index in [0.29, 0.717) is 17.4 Å². The van der Waals surface area contributed by atoms with Gasteiger partial charge < -0.3 is 14.6 Å². The number of ether oxygens (including phenoxy) is 2. The first-order valence-electron chi connectivity index (χ1n) is 5.88. The number of rotatable bonds is 5. The Morgan fingerprint density at radius 3 is 2.63 bits per heavy atom. The monoisotopic (exact) mass is 278 g/mol. The summed E-state index contributed by atoms with van der Waals surface area (Å²) in [6, 6.07) is 12.9. The van der Waals surface area contributed by atoms with Gasteiger partial charge in [0.1, 0.15) is 18.1 Å². The van der Waals surface area contributed by atoms with Gasteiger partial charge in [0.25, 0.3) is 0 Å². The van der Waals surface area contributed by atoms with Gasteiger partial charge in [-0.15, -0.1) is 0 Å². The van der Waals surface area contributed by atoms with Gasteiger partial charge in [-0.05, 0) is 35.4 Å². The fourth-order valence-electron chi connectivity index (χ4n) is 1.68. The largest absolute Gasteiger partial charge is 0.497 e. The Kier molecular flexibility index (Phi) is 4.66. The van der Waals surface area contributed by atoms with Crippen LogP contribution >= 0.6 is 11.6 Å². The van der Waals surface area contributed by atoms with E-state index in [4.69, 9.17) is 26.2 Å². The summed E-state index contributed by atoms with van der Waals surface area (Å²) in [5, 5.41) is 9.50. The molecule has 0 fully saturated rings. The van der Waals surface area contributed by atoms with E-state index >= 15 is 0 Å². The second kappa shape index (κ2) is 6.45. The van der Waals surface area contributed by atoms with Gasteiger partial charge in [-0.25, -0.2) is 0 Å². The first-order chi connectivity index (χ1) is 9.22. The Balaban J connectivity index is 2.05. The van der Waals surface area contributed by atoms with Crippen molar-refractivity contribution in [1.82, 2.24) is 0 Å². The highest BCUT2D eigenvalue weighted by Crippen LogP contribution is 2.26. The maximum Gasteiger partial charge on any atom is 0.138 e. The Hall–Kier alpha value is -1.71. The third kappa shape index (κ3) is 3.63. The van der Waals surface area contributed by atoms with Crippen molar-refractivity contribution in [2.24, 2.45) is 0 Å². The van der Waals surface area contributed by atoms with E-state index in [1.165, 1.54) is 0 Å². The summed E-state index contributed by atoms with van der Waals surface area (Å²) in [6.45, 7) is 0.380. The molecular formula is C15H15ClO3. The predicted octanol–water partition coefficient (Wildman–Crippen LogP) is 3.42. The molecular weight excluding hydrogens is 264 g/mol. The third-order valence-corrected chi connectivity index (χ3v) is 3.00. The highest BCUT2D eigenvalue weighted by atomic mass is 35.5. The zero-order valence-corrected chi connectivity index (χ0v) is 11.4. The van der Waals surface area contributed by atoms with E-state index in [9.17, 15) is 0 Å². The lowest BCUT2D eigenvalue weighted by molar-refractivity contribution is 0.280. The summed E-state index contributed by atoms with van der Waals surface area (Å²) < 4.78 is 10.8. The molecule has 19 heavy (non-hydrogen) atoms. The fraction of sp³-hybridized carbons (Fsp3) is 0.200. The first-order valence-corrected chi connectivity index (χ1v) is 6.25. The minimum Gasteiger partial charge on any atom is -0.497 e. The third-order valence-electron chi connectivity index (χ3n) is 2.71. The van der Waals surface area contributed by atoms with Crippen LogP contribution < -0.4 is 9.47 Å². The van der Waals surface area contributed by atoms with Crippen LogP contribution in [0, 0.1) is 0 Å². The molecule has 2 rings (SSSR count). The van der Waals surface area contributed by atoms with Crippen LogP contribution in [0.5, 0.6) is 11.5 Å². The van der Waals surface area contributed by atoms with Gasteiger partial charge in [0.15, 0.2) is 0 Å². The zero-order valence-electron chi connectivity index (χ0n) is 10.6. The second-order valence-electron chi connectivity index (χ2n) is 4.06. The van der Waals surface area contributed by atoms with Crippen molar-refractivity contribution in [2.45, 2.75) is 13.2 Å². The number of benzene rings is 2. The molecule has 0 atom stereocenters. The molecule has 0 saturated heterocycles. The fourth-order valence-corrected chi connectivity index (χ4v) is 1.94. The summed E-state index contributed by atoms with van der Waals surface area (Å²) in [5.74, 6) is 1.39. The van der Waals surface area contributed by atoms with Gasteiger partial charge in [0.2, 0.25) is 0 Å². The lowest BCUT2D eigenvalue weighted by Crippen LogP contribution is -1.97. The molecule has 0 unspecified atom stereocenters. The Bertz CT molecular complexity index is 555. The number of hydrogen-bond donors (Lipinski definition) is 1. The smallest absolute Gasteiger partial charge is 0.138 e. The average molecular weight is 279 g/mol. The van der Waals surface area contributed by atoms with Crippen LogP contribution in [0.15, 0.2) is 42.5 Å². The van der Waals surface area contributed by atoms with Gasteiger partial charge >= 0.3 is 0 Å². The topological polar surface area (TPSA) is 38.7 Å². The summed E-state index contributed by atoms with van der Waals surface area (Å²) >= 11 is 6.07. The Morgan fingerprint density at radius 2 is 1.95 bits per heavy atom. The van der Waals surface area contributed by atoms with E-state index in [-0.39, 0.29) is 6.61 Å². The molecule has 0 heterocycles. The van der Waals surface area contributed by atoms with Crippen LogP contribution in [-0.2, 0) is 13.2 Å². The minimum absolute atomic E-state index is 0.0319. The maximum atomic E-state index is 9.01. The second-order valence-corrected chi connectivity index (χ2v) is 4.47. The van der Waals surface area contributed by atoms with Crippen LogP contribution in [0.3, 0.4) is 0 Å². The van der Waals surface area contributed by atoms with E-state index in [2.05, 4.69) is 0 Å². The van der Waals surface area contributed by atoms with Crippen molar-refractivity contribution in [2.75, 3.05) is 7.11 Å². The molecule has 3 nitrogen and oxygen atoms in total. The van der Waals surface area contributed by atoms with Gasteiger partial charge in [-0.3, -0.25) is 0 Å². The molecule has 1 N–H and O–H groups in total. The molecule has 0 bridgehead atoms. The van der Waals surface area contributed by atoms with Crippen molar-refractivity contribution in [3.8, 4) is 11.5 Å². The molecule has 2 aromatic rings. The standard InChI is InChI=1S/C15H15ClO3/c1-18-13-4-2-3-12(7-13)10-19-15-6-5-11(9-17)8-14(15)16/h2-8,17H,9-10H2,1H3. The first kappa shape index (κ1) is 13.7. The number of methoxy groups -OCH3 is 1. The predicted molar refractivity (Wildman–Crippen MR) is 74.7 cm³/mol. The van der Waals surface area contributed by atoms with Crippen molar-refractivity contribution in [3.63, 3.8) is 0 Å². The molecule has 0 saturated carbocycles. The van der Waals surface area contributed by atoms with Gasteiger partial charge in [-0.1, -0.05) is 29.8 Å². The highest BCUT2D eigenvalue weighted by molar-refractivity contribution is 6.32. The molecule has 0 amide bonds. The molecule has 2 aromatic carbocycles. The number of aliphatic hydroxyl groups excluding tert-OH is 1. The number of hydrogen-bond acceptors (Lipinski definition) is 3. The summed E-state index contributed by atoms with van der Waals surface area (Å²) in [5.41, 5.74) is 1.76. The number of halogens is 1. The zero-order chi connectivity index (χ0) is 13.7. The van der Waals surface area contributed by atoms with E-state index in [1.807, 2.05) is 24.3 Å². The van der Waals surface area contributed by atoms with Crippen LogP contribution in [0.4, 0.5) is 0 Å². The quantitative estimate of drug-likeness (QED) is 0.911. The SMILES string of the molecule is COc1cccc(COc2ccc(CO)cc2Cl)c1. The maximum absolute atomic E-state index is 9.01. The Morgan fingerprint density at radius 1 is 1.11 bits per heavy atom. The summed E-state index contributed by atoms with van der Waals surface area (Å²) in [6.07, 6.45) is 0. The van der Waals surface area contributed by atoms with Crippen molar-refractivity contribution >= 4 is 11.6 Å². The van der Waals surface area contributed by atoms with Crippen LogP contribution in [0.2, 0.25) is 5.02 Å². The molecule has 0 aliphatic heterocycles. The molecule has 0 aliphatic carbocycles. The average Bonchev–Trinajstić information content (AvgIpc) is 2.46. The van der Waals surface area contributed by atoms with E-state index in [1.54, 1.807) is 25.3 Å². The highest BCUT2D eigenvalue weighted by Gasteiger charge is 2.04. The lowest BCUT2D eigenvalue weighted by atomic mass is 10.2. The van der Waals surface area contributed by atoms with E-state index in [0.717, 1.165) is 16.9 Å². The summed E-state index contributed by atoms with van der Waals surface area (Å²) in [7, 11) is 1.63. The summed E-state index contributed by atoms with van der Waals surface area (Å²) in [4.78, 5) is 0. The molecule has 0 aliphatic rings. The van der Waals surface area contributed by atoms with Crippen molar-refractivity contribution in [3.05, 3.63) is 58.6 Å². The molecule has 100 valence electrons. The molecule has 0 spiro atoms. The van der Waals surface area contributed by atoms with Crippen molar-refractivity contribution < 1.29 is 14.6 Å². The molecule has 0 radical (unpaired) electrons. The molecule has 4 heteroatoms. The van der Waals surface area contributed by atoms with E-state index < -0.39 is 0 Å². The van der Waals surface area contributed by atoms with Crippen LogP contribution in [-0.4, -0.2) is 12.2 Å². The van der Waals surface area contributed by atoms with Gasteiger partial charge in [-0.2, -0.15) is 0 Å². The Labute approximate surface area is 117 Å². The normalized spacial score (nSPS) is 10.3. The van der Waals surface area contributed by atoms with Crippen LogP contribution in [0.25, 0.3) is 0 Å². The lowest BCUT2D eigenvalue weighted by Gasteiger charge is -2.10.